The van der Waals surface area contributed by atoms with Crippen LogP contribution in [-0.4, -0.2) is 122 Å². The number of halogens is 2. The number of carbonyl (C=O) groups excluding carboxylic acids is 5. The van der Waals surface area contributed by atoms with Crippen molar-refractivity contribution in [1.82, 2.24) is 34.8 Å². The van der Waals surface area contributed by atoms with Gasteiger partial charge >= 0.3 is 0 Å². The number of aromatic nitrogens is 3. The molecule has 5 N–H and O–H groups in total. The van der Waals surface area contributed by atoms with E-state index in [0.717, 1.165) is 44.2 Å². The maximum absolute atomic E-state index is 14.8. The Morgan fingerprint density at radius 3 is 2.29 bits per heavy atom. The number of rotatable bonds is 13. The summed E-state index contributed by atoms with van der Waals surface area (Å²) in [6.45, 7) is 1.15. The second kappa shape index (κ2) is 16.1. The van der Waals surface area contributed by atoms with Crippen LogP contribution in [0.1, 0.15) is 93.7 Å². The molecule has 2 aromatic rings. The van der Waals surface area contributed by atoms with Gasteiger partial charge in [0.15, 0.2) is 0 Å². The van der Waals surface area contributed by atoms with E-state index in [1.165, 1.54) is 27.9 Å². The van der Waals surface area contributed by atoms with Crippen LogP contribution in [0.15, 0.2) is 35.4 Å². The van der Waals surface area contributed by atoms with Crippen LogP contribution in [0.3, 0.4) is 0 Å². The van der Waals surface area contributed by atoms with Gasteiger partial charge in [0.05, 0.1) is 35.9 Å². The molecule has 0 radical (unpaired) electrons. The molecular formula is C36H48F2N8O8S2. The third-order valence-corrected chi connectivity index (χ3v) is 14.0. The van der Waals surface area contributed by atoms with Gasteiger partial charge in [0.1, 0.15) is 23.2 Å². The summed E-state index contributed by atoms with van der Waals surface area (Å²) in [5, 5.41) is 24.7. The van der Waals surface area contributed by atoms with E-state index in [2.05, 4.69) is 20.9 Å². The lowest BCUT2D eigenvalue weighted by Crippen LogP contribution is -2.63. The number of nitrogens with one attached hydrogen (secondary N) is 2. The van der Waals surface area contributed by atoms with E-state index in [9.17, 15) is 46.3 Å². The van der Waals surface area contributed by atoms with Gasteiger partial charge in [-0.3, -0.25) is 24.0 Å². The molecule has 6 rings (SSSR count). The van der Waals surface area contributed by atoms with Crippen molar-refractivity contribution in [3.63, 3.8) is 0 Å². The molecule has 4 amide bonds. The third kappa shape index (κ3) is 8.77. The highest BCUT2D eigenvalue weighted by atomic mass is 32.2. The molecule has 1 saturated carbocycles. The average Bonchev–Trinajstić information content (AvgIpc) is 3.83. The second-order valence-corrected chi connectivity index (χ2v) is 19.0. The summed E-state index contributed by atoms with van der Waals surface area (Å²) >= 11 is 1.56. The van der Waals surface area contributed by atoms with Crippen molar-refractivity contribution in [1.29, 1.82) is 0 Å². The summed E-state index contributed by atoms with van der Waals surface area (Å²) in [4.78, 5) is 69.4. The minimum absolute atomic E-state index is 0.00257. The molecule has 3 aliphatic heterocycles. The van der Waals surface area contributed by atoms with Crippen LogP contribution >= 0.6 is 11.8 Å². The van der Waals surface area contributed by atoms with E-state index in [1.807, 2.05) is 0 Å². The number of benzene rings is 1. The molecule has 16 nitrogen and oxygen atoms in total. The highest BCUT2D eigenvalue weighted by molar-refractivity contribution is 7.99. The Bertz CT molecular complexity index is 1940. The first-order valence-electron chi connectivity index (χ1n) is 18.8. The Morgan fingerprint density at radius 2 is 1.70 bits per heavy atom. The third-order valence-electron chi connectivity index (χ3n) is 11.2. The number of carbonyl (C=O) groups is 5. The molecule has 56 heavy (non-hydrogen) atoms. The lowest BCUT2D eigenvalue weighted by molar-refractivity contribution is -0.145. The van der Waals surface area contributed by atoms with Gasteiger partial charge in [-0.2, -0.15) is 16.1 Å². The molecular weight excluding hydrogens is 775 g/mol. The molecule has 0 unspecified atom stereocenters. The van der Waals surface area contributed by atoms with Crippen LogP contribution in [0, 0.1) is 5.92 Å². The fraction of sp³-hybridized carbons (Fsp3) is 0.639. The zero-order valence-electron chi connectivity index (χ0n) is 31.3. The van der Waals surface area contributed by atoms with Gasteiger partial charge in [0, 0.05) is 18.5 Å². The maximum Gasteiger partial charge on any atom is 0.287 e. The molecule has 4 fully saturated rings. The molecule has 4 heterocycles. The Morgan fingerprint density at radius 1 is 1.05 bits per heavy atom. The summed E-state index contributed by atoms with van der Waals surface area (Å²) in [7, 11) is -4.21. The summed E-state index contributed by atoms with van der Waals surface area (Å²) in [6, 6.07) is 1.79. The van der Waals surface area contributed by atoms with E-state index in [4.69, 9.17) is 5.73 Å². The first-order valence-corrected chi connectivity index (χ1v) is 21.4. The molecule has 3 saturated heterocycles. The second-order valence-electron chi connectivity index (χ2n) is 15.8. The molecule has 0 spiro atoms. The topological polar surface area (TPSA) is 227 Å². The lowest BCUT2D eigenvalue weighted by Gasteiger charge is -2.37. The fourth-order valence-corrected chi connectivity index (χ4v) is 10.8. The SMILES string of the molecule is CC(C)(O)c1cnnn1[C@H]1C[C@@H](C(=O)NC2(C(=O)C(N)=O)CCSCC2)N(C(=O)[C@@H](CC2CCCCC2)NC(=O)c2ccc(S(=O)(=O)N3CC(F)(F)C3)cc2)C1. The Kier molecular flexibility index (Phi) is 12.0. The molecule has 1 aliphatic carbocycles. The minimum atomic E-state index is -4.21. The molecule has 4 aliphatic rings. The zero-order valence-corrected chi connectivity index (χ0v) is 32.9. The normalized spacial score (nSPS) is 23.5. The van der Waals surface area contributed by atoms with Crippen LogP contribution in [0.2, 0.25) is 0 Å². The predicted octanol–water partition coefficient (Wildman–Crippen LogP) is 1.49. The average molecular weight is 823 g/mol. The van der Waals surface area contributed by atoms with Crippen LogP contribution in [-0.2, 0) is 34.8 Å². The molecule has 20 heteroatoms. The first kappa shape index (κ1) is 41.6. The van der Waals surface area contributed by atoms with E-state index < -0.39 is 87.7 Å². The van der Waals surface area contributed by atoms with Gasteiger partial charge in [-0.1, -0.05) is 37.3 Å². The number of primary amides is 1. The van der Waals surface area contributed by atoms with Crippen LogP contribution in [0.4, 0.5) is 8.78 Å². The van der Waals surface area contributed by atoms with Gasteiger partial charge in [-0.05, 0) is 74.8 Å². The van der Waals surface area contributed by atoms with Crippen molar-refractivity contribution in [2.75, 3.05) is 31.1 Å². The van der Waals surface area contributed by atoms with E-state index in [1.54, 1.807) is 25.6 Å². The van der Waals surface area contributed by atoms with Gasteiger partial charge in [-0.25, -0.2) is 21.9 Å². The standard InChI is InChI=1S/C36H48F2N8O8S2/c1-34(2,52)28-18-40-43-46(28)24-17-27(32(50)42-35(29(47)30(39)48)12-14-55-15-13-35)45(19-24)33(51)26(16-22-6-4-3-5-7-22)41-31(49)23-8-10-25(11-9-23)56(53,54)44-20-36(37,38)21-44/h8-11,18,22,24,26-27,52H,3-7,12-17,19-21H2,1-2H3,(H2,39,48)(H,41,49)(H,42,50)/t24-,26+,27-/m0/s1. The highest BCUT2D eigenvalue weighted by Gasteiger charge is 2.51. The van der Waals surface area contributed by atoms with Crippen molar-refractivity contribution in [3.8, 4) is 0 Å². The van der Waals surface area contributed by atoms with Crippen molar-refractivity contribution >= 4 is 51.2 Å². The number of ketones is 1. The zero-order chi connectivity index (χ0) is 40.6. The number of sulfonamides is 1. The lowest BCUT2D eigenvalue weighted by atomic mass is 9.84. The first-order chi connectivity index (χ1) is 26.3. The number of Topliss-reactive ketones (excluding diaryl/α,β-unsaturated/α-hetero) is 1. The van der Waals surface area contributed by atoms with Crippen molar-refractivity contribution in [2.24, 2.45) is 11.7 Å². The Labute approximate surface area is 327 Å². The van der Waals surface area contributed by atoms with Crippen LogP contribution in [0.5, 0.6) is 0 Å². The Balaban J connectivity index is 1.29. The highest BCUT2D eigenvalue weighted by Crippen LogP contribution is 2.36. The largest absolute Gasteiger partial charge is 0.384 e. The number of aliphatic hydroxyl groups is 1. The van der Waals surface area contributed by atoms with Crippen molar-refractivity contribution in [3.05, 3.63) is 41.7 Å². The molecule has 3 atom stereocenters. The summed E-state index contributed by atoms with van der Waals surface area (Å²) in [5.41, 5.74) is 2.84. The number of nitrogens with zero attached hydrogens (tertiary/aromatic N) is 5. The van der Waals surface area contributed by atoms with E-state index >= 15 is 0 Å². The predicted molar refractivity (Wildman–Crippen MR) is 199 cm³/mol. The minimum Gasteiger partial charge on any atom is -0.384 e. The summed E-state index contributed by atoms with van der Waals surface area (Å²) in [5.74, 6) is -6.14. The molecule has 306 valence electrons. The number of nitrogens with two attached hydrogens (primary N) is 1. The number of thioether (sulfide) groups is 1. The van der Waals surface area contributed by atoms with E-state index in [0.29, 0.717) is 21.5 Å². The number of likely N-dealkylation sites (tertiary alicyclic amines) is 1. The summed E-state index contributed by atoms with van der Waals surface area (Å²) < 4.78 is 54.7. The maximum atomic E-state index is 14.8. The monoisotopic (exact) mass is 822 g/mol. The number of hydrogen-bond donors (Lipinski definition) is 4. The Hall–Kier alpha value is -4.01. The van der Waals surface area contributed by atoms with Gasteiger partial charge in [-0.15, -0.1) is 5.10 Å². The quantitative estimate of drug-likeness (QED) is 0.212. The van der Waals surface area contributed by atoms with E-state index in [-0.39, 0.29) is 48.6 Å². The fourth-order valence-electron chi connectivity index (χ4n) is 8.10. The summed E-state index contributed by atoms with van der Waals surface area (Å²) in [6.07, 6.45) is 6.51. The van der Waals surface area contributed by atoms with Gasteiger partial charge < -0.3 is 26.4 Å². The smallest absolute Gasteiger partial charge is 0.287 e. The number of amides is 4. The van der Waals surface area contributed by atoms with Gasteiger partial charge in [0.25, 0.3) is 17.7 Å². The molecule has 1 aromatic carbocycles. The van der Waals surface area contributed by atoms with Gasteiger partial charge in [0.2, 0.25) is 27.6 Å². The van der Waals surface area contributed by atoms with Crippen LogP contribution in [0.25, 0.3) is 0 Å². The van der Waals surface area contributed by atoms with Crippen LogP contribution < -0.4 is 16.4 Å². The molecule has 1 aromatic heterocycles. The number of alkyl halides is 2. The molecule has 0 bridgehead atoms. The number of hydrogen-bond acceptors (Lipinski definition) is 11. The van der Waals surface area contributed by atoms with Crippen molar-refractivity contribution in [2.45, 2.75) is 112 Å². The van der Waals surface area contributed by atoms with Crippen molar-refractivity contribution < 1.29 is 46.3 Å².